The molecule has 0 radical (unpaired) electrons. The summed E-state index contributed by atoms with van der Waals surface area (Å²) in [5.74, 6) is -1.23. The number of rotatable bonds is 5. The van der Waals surface area contributed by atoms with Gasteiger partial charge in [0.25, 0.3) is 0 Å². The number of carbonyl (C=O) groups is 1. The van der Waals surface area contributed by atoms with Crippen molar-refractivity contribution in [2.24, 2.45) is 0 Å². The zero-order valence-corrected chi connectivity index (χ0v) is 9.89. The highest BCUT2D eigenvalue weighted by Gasteiger charge is 2.02. The van der Waals surface area contributed by atoms with Gasteiger partial charge in [-0.05, 0) is 30.8 Å². The third-order valence-corrected chi connectivity index (χ3v) is 2.22. The predicted molar refractivity (Wildman–Crippen MR) is 67.5 cm³/mol. The standard InChI is InChI=1S/C11H13FN2O2S/c12-8-4-1-2-5-9(8)14-11(17)13-7-3-6-10(15)16/h1-2,4-5H,3,6-7H2,(H,15,16)(H2,13,14,17). The molecular formula is C11H13FN2O2S. The Hall–Kier alpha value is -1.69. The minimum Gasteiger partial charge on any atom is -0.481 e. The SMILES string of the molecule is O=C(O)CCCNC(=S)Nc1ccccc1F. The second-order valence-corrected chi connectivity index (χ2v) is 3.77. The van der Waals surface area contributed by atoms with Crippen molar-refractivity contribution in [3.63, 3.8) is 0 Å². The van der Waals surface area contributed by atoms with E-state index >= 15 is 0 Å². The molecule has 1 rings (SSSR count). The molecule has 0 fully saturated rings. The summed E-state index contributed by atoms with van der Waals surface area (Å²) in [6.07, 6.45) is 0.545. The van der Waals surface area contributed by atoms with Gasteiger partial charge in [0, 0.05) is 13.0 Å². The summed E-state index contributed by atoms with van der Waals surface area (Å²) in [5, 5.41) is 14.2. The number of hydrogen-bond acceptors (Lipinski definition) is 2. The molecule has 0 amide bonds. The lowest BCUT2D eigenvalue weighted by molar-refractivity contribution is -0.137. The van der Waals surface area contributed by atoms with Crippen molar-refractivity contribution in [1.29, 1.82) is 0 Å². The van der Waals surface area contributed by atoms with E-state index in [1.165, 1.54) is 6.07 Å². The highest BCUT2D eigenvalue weighted by atomic mass is 32.1. The van der Waals surface area contributed by atoms with Crippen LogP contribution in [0.4, 0.5) is 10.1 Å². The van der Waals surface area contributed by atoms with Crippen LogP contribution in [0.5, 0.6) is 0 Å². The number of para-hydroxylation sites is 1. The Balaban J connectivity index is 2.30. The molecule has 0 saturated heterocycles. The Bertz CT molecular complexity index is 412. The molecule has 3 N–H and O–H groups in total. The van der Waals surface area contributed by atoms with E-state index in [1.807, 2.05) is 0 Å². The van der Waals surface area contributed by atoms with Crippen LogP contribution in [0.25, 0.3) is 0 Å². The minimum atomic E-state index is -0.847. The largest absolute Gasteiger partial charge is 0.481 e. The fourth-order valence-corrected chi connectivity index (χ4v) is 1.38. The Morgan fingerprint density at radius 1 is 1.41 bits per heavy atom. The Morgan fingerprint density at radius 3 is 2.76 bits per heavy atom. The summed E-state index contributed by atoms with van der Waals surface area (Å²) < 4.78 is 13.2. The fraction of sp³-hybridized carbons (Fsp3) is 0.273. The van der Waals surface area contributed by atoms with E-state index in [2.05, 4.69) is 10.6 Å². The maximum Gasteiger partial charge on any atom is 0.303 e. The first-order valence-corrected chi connectivity index (χ1v) is 5.51. The quantitative estimate of drug-likeness (QED) is 0.555. The molecular weight excluding hydrogens is 243 g/mol. The van der Waals surface area contributed by atoms with Crippen LogP contribution >= 0.6 is 12.2 Å². The van der Waals surface area contributed by atoms with Crippen LogP contribution < -0.4 is 10.6 Å². The van der Waals surface area contributed by atoms with Gasteiger partial charge in [0.2, 0.25) is 0 Å². The lowest BCUT2D eigenvalue weighted by Crippen LogP contribution is -2.29. The van der Waals surface area contributed by atoms with Crippen molar-refractivity contribution < 1.29 is 14.3 Å². The average Bonchev–Trinajstić information content (AvgIpc) is 2.27. The van der Waals surface area contributed by atoms with Gasteiger partial charge >= 0.3 is 5.97 Å². The first-order valence-electron chi connectivity index (χ1n) is 5.11. The number of anilines is 1. The van der Waals surface area contributed by atoms with Crippen molar-refractivity contribution >= 4 is 29.0 Å². The minimum absolute atomic E-state index is 0.0787. The molecule has 1 aromatic carbocycles. The van der Waals surface area contributed by atoms with Gasteiger partial charge in [-0.15, -0.1) is 0 Å². The lowest BCUT2D eigenvalue weighted by atomic mass is 10.3. The van der Waals surface area contributed by atoms with Gasteiger partial charge in [-0.2, -0.15) is 0 Å². The fourth-order valence-electron chi connectivity index (χ4n) is 1.17. The Morgan fingerprint density at radius 2 is 2.12 bits per heavy atom. The number of thiocarbonyl (C=S) groups is 1. The molecule has 17 heavy (non-hydrogen) atoms. The van der Waals surface area contributed by atoms with Gasteiger partial charge in [-0.3, -0.25) is 4.79 Å². The molecule has 0 aliphatic carbocycles. The maximum atomic E-state index is 13.2. The van der Waals surface area contributed by atoms with Crippen LogP contribution in [0, 0.1) is 5.82 Å². The lowest BCUT2D eigenvalue weighted by Gasteiger charge is -2.10. The zero-order valence-electron chi connectivity index (χ0n) is 9.07. The first kappa shape index (κ1) is 13.4. The van der Waals surface area contributed by atoms with Crippen molar-refractivity contribution in [1.82, 2.24) is 5.32 Å². The van der Waals surface area contributed by atoms with Crippen LogP contribution in [-0.4, -0.2) is 22.7 Å². The van der Waals surface area contributed by atoms with Crippen LogP contribution in [0.1, 0.15) is 12.8 Å². The van der Waals surface area contributed by atoms with E-state index in [0.29, 0.717) is 18.7 Å². The molecule has 0 spiro atoms. The Labute approximate surface area is 104 Å². The maximum absolute atomic E-state index is 13.2. The summed E-state index contributed by atoms with van der Waals surface area (Å²) in [6.45, 7) is 0.437. The average molecular weight is 256 g/mol. The third kappa shape index (κ3) is 5.26. The van der Waals surface area contributed by atoms with E-state index in [4.69, 9.17) is 17.3 Å². The summed E-state index contributed by atoms with van der Waals surface area (Å²) in [6, 6.07) is 6.18. The number of nitrogens with one attached hydrogen (secondary N) is 2. The normalized spacial score (nSPS) is 9.71. The van der Waals surface area contributed by atoms with Crippen LogP contribution in [0.2, 0.25) is 0 Å². The number of hydrogen-bond donors (Lipinski definition) is 3. The second-order valence-electron chi connectivity index (χ2n) is 3.36. The molecule has 0 bridgehead atoms. The summed E-state index contributed by atoms with van der Waals surface area (Å²) in [7, 11) is 0. The molecule has 1 aromatic rings. The van der Waals surface area contributed by atoms with Gasteiger partial charge in [-0.1, -0.05) is 12.1 Å². The number of carboxylic acid groups (broad SMARTS) is 1. The molecule has 0 aliphatic heterocycles. The van der Waals surface area contributed by atoms with Crippen LogP contribution in [0.3, 0.4) is 0 Å². The zero-order chi connectivity index (χ0) is 12.7. The molecule has 92 valence electrons. The van der Waals surface area contributed by atoms with Crippen molar-refractivity contribution in [2.45, 2.75) is 12.8 Å². The van der Waals surface area contributed by atoms with Gasteiger partial charge < -0.3 is 15.7 Å². The molecule has 6 heteroatoms. The molecule has 0 aliphatic rings. The van der Waals surface area contributed by atoms with E-state index in [-0.39, 0.29) is 17.4 Å². The van der Waals surface area contributed by atoms with E-state index in [0.717, 1.165) is 0 Å². The monoisotopic (exact) mass is 256 g/mol. The third-order valence-electron chi connectivity index (χ3n) is 1.98. The van der Waals surface area contributed by atoms with Gasteiger partial charge in [0.15, 0.2) is 5.11 Å². The summed E-state index contributed by atoms with van der Waals surface area (Å²) in [4.78, 5) is 10.3. The van der Waals surface area contributed by atoms with Gasteiger partial charge in [0.05, 0.1) is 5.69 Å². The van der Waals surface area contributed by atoms with E-state index < -0.39 is 5.97 Å². The highest BCUT2D eigenvalue weighted by molar-refractivity contribution is 7.80. The van der Waals surface area contributed by atoms with Crippen LogP contribution in [-0.2, 0) is 4.79 Å². The number of halogens is 1. The topological polar surface area (TPSA) is 61.4 Å². The Kier molecular flexibility index (Phi) is 5.35. The molecule has 0 atom stereocenters. The molecule has 0 unspecified atom stereocenters. The molecule has 0 aromatic heterocycles. The first-order chi connectivity index (χ1) is 8.09. The number of carboxylic acids is 1. The predicted octanol–water partition coefficient (Wildman–Crippen LogP) is 1.98. The smallest absolute Gasteiger partial charge is 0.303 e. The van der Waals surface area contributed by atoms with Crippen molar-refractivity contribution in [3.05, 3.63) is 30.1 Å². The summed E-state index contributed by atoms with van der Waals surface area (Å²) in [5.41, 5.74) is 0.295. The van der Waals surface area contributed by atoms with Crippen molar-refractivity contribution in [2.75, 3.05) is 11.9 Å². The van der Waals surface area contributed by atoms with Crippen LogP contribution in [0.15, 0.2) is 24.3 Å². The van der Waals surface area contributed by atoms with E-state index in [9.17, 15) is 9.18 Å². The number of benzene rings is 1. The number of aliphatic carboxylic acids is 1. The molecule has 4 nitrogen and oxygen atoms in total. The van der Waals surface area contributed by atoms with E-state index in [1.54, 1.807) is 18.2 Å². The summed E-state index contributed by atoms with van der Waals surface area (Å²) >= 11 is 4.94. The second kappa shape index (κ2) is 6.80. The molecule has 0 saturated carbocycles. The van der Waals surface area contributed by atoms with Gasteiger partial charge in [-0.25, -0.2) is 4.39 Å². The van der Waals surface area contributed by atoms with Gasteiger partial charge in [0.1, 0.15) is 5.82 Å². The highest BCUT2D eigenvalue weighted by Crippen LogP contribution is 2.11. The van der Waals surface area contributed by atoms with Crippen molar-refractivity contribution in [3.8, 4) is 0 Å². The molecule has 0 heterocycles.